The Hall–Kier alpha value is -1.06. The summed E-state index contributed by atoms with van der Waals surface area (Å²) in [4.78, 5) is 0. The average molecular weight is 221 g/mol. The van der Waals surface area contributed by atoms with Gasteiger partial charge in [-0.25, -0.2) is 0 Å². The van der Waals surface area contributed by atoms with Gasteiger partial charge in [0, 0.05) is 19.2 Å². The molecule has 0 atom stereocenters. The van der Waals surface area contributed by atoms with Crippen molar-refractivity contribution in [2.24, 2.45) is 5.73 Å². The molecule has 88 valence electrons. The molecule has 0 unspecified atom stereocenters. The third-order valence-corrected chi connectivity index (χ3v) is 2.90. The van der Waals surface area contributed by atoms with Crippen LogP contribution in [0.15, 0.2) is 18.2 Å². The first kappa shape index (κ1) is 11.4. The molecular weight excluding hydrogens is 202 g/mol. The lowest BCUT2D eigenvalue weighted by Gasteiger charge is -2.14. The molecule has 0 saturated heterocycles. The molecule has 0 spiro atoms. The van der Waals surface area contributed by atoms with Crippen molar-refractivity contribution < 1.29 is 9.47 Å². The summed E-state index contributed by atoms with van der Waals surface area (Å²) in [6.45, 7) is 1.74. The monoisotopic (exact) mass is 221 g/mol. The van der Waals surface area contributed by atoms with E-state index in [0.717, 1.165) is 11.3 Å². The quantitative estimate of drug-likeness (QED) is 0.748. The van der Waals surface area contributed by atoms with Crippen molar-refractivity contribution in [2.45, 2.75) is 25.3 Å². The van der Waals surface area contributed by atoms with Gasteiger partial charge in [-0.05, 0) is 24.3 Å². The number of benzene rings is 1. The van der Waals surface area contributed by atoms with E-state index in [2.05, 4.69) is 12.1 Å². The lowest BCUT2D eigenvalue weighted by Crippen LogP contribution is -2.09. The highest BCUT2D eigenvalue weighted by molar-refractivity contribution is 5.45. The molecule has 1 aromatic rings. The van der Waals surface area contributed by atoms with Gasteiger partial charge in [0.1, 0.15) is 12.4 Å². The van der Waals surface area contributed by atoms with Crippen LogP contribution in [0.1, 0.15) is 29.9 Å². The molecule has 1 aliphatic carbocycles. The van der Waals surface area contributed by atoms with Gasteiger partial charge in [-0.2, -0.15) is 0 Å². The van der Waals surface area contributed by atoms with Crippen LogP contribution in [-0.4, -0.2) is 20.3 Å². The summed E-state index contributed by atoms with van der Waals surface area (Å²) in [5, 5.41) is 0. The fraction of sp³-hybridized carbons (Fsp3) is 0.538. The highest BCUT2D eigenvalue weighted by Gasteiger charge is 2.27. The van der Waals surface area contributed by atoms with E-state index in [4.69, 9.17) is 15.2 Å². The standard InChI is InChI=1S/C13H19NO2/c1-15-7-8-16-13-11(9-14)3-2-4-12(13)10-5-6-10/h2-4,10H,5-9,14H2,1H3. The Morgan fingerprint density at radius 2 is 2.12 bits per heavy atom. The first-order valence-corrected chi connectivity index (χ1v) is 5.80. The highest BCUT2D eigenvalue weighted by Crippen LogP contribution is 2.45. The SMILES string of the molecule is COCCOc1c(CN)cccc1C1CC1. The molecule has 2 N–H and O–H groups in total. The van der Waals surface area contributed by atoms with Crippen molar-refractivity contribution in [2.75, 3.05) is 20.3 Å². The van der Waals surface area contributed by atoms with Gasteiger partial charge in [-0.1, -0.05) is 18.2 Å². The minimum absolute atomic E-state index is 0.531. The number of hydrogen-bond acceptors (Lipinski definition) is 3. The molecule has 1 fully saturated rings. The van der Waals surface area contributed by atoms with Crippen LogP contribution in [0.5, 0.6) is 5.75 Å². The zero-order chi connectivity index (χ0) is 11.4. The Labute approximate surface area is 96.5 Å². The lowest BCUT2D eigenvalue weighted by atomic mass is 10.0. The van der Waals surface area contributed by atoms with E-state index in [1.54, 1.807) is 7.11 Å². The largest absolute Gasteiger partial charge is 0.491 e. The average Bonchev–Trinajstić information content (AvgIpc) is 3.13. The molecule has 0 heterocycles. The van der Waals surface area contributed by atoms with Crippen molar-refractivity contribution in [1.82, 2.24) is 0 Å². The van der Waals surface area contributed by atoms with E-state index < -0.39 is 0 Å². The van der Waals surface area contributed by atoms with Crippen molar-refractivity contribution in [3.63, 3.8) is 0 Å². The van der Waals surface area contributed by atoms with Gasteiger partial charge in [0.2, 0.25) is 0 Å². The summed E-state index contributed by atoms with van der Waals surface area (Å²) in [6.07, 6.45) is 2.54. The van der Waals surface area contributed by atoms with Gasteiger partial charge in [0.05, 0.1) is 6.61 Å². The van der Waals surface area contributed by atoms with Crippen LogP contribution in [0.3, 0.4) is 0 Å². The Bertz CT molecular complexity index is 348. The van der Waals surface area contributed by atoms with Gasteiger partial charge in [-0.15, -0.1) is 0 Å². The Morgan fingerprint density at radius 3 is 2.75 bits per heavy atom. The van der Waals surface area contributed by atoms with Crippen LogP contribution in [0.4, 0.5) is 0 Å². The van der Waals surface area contributed by atoms with Crippen LogP contribution in [0, 0.1) is 0 Å². The number of nitrogens with two attached hydrogens (primary N) is 1. The molecule has 1 saturated carbocycles. The maximum absolute atomic E-state index is 5.80. The smallest absolute Gasteiger partial charge is 0.127 e. The zero-order valence-electron chi connectivity index (χ0n) is 9.74. The minimum Gasteiger partial charge on any atom is -0.491 e. The maximum Gasteiger partial charge on any atom is 0.127 e. The third-order valence-electron chi connectivity index (χ3n) is 2.90. The van der Waals surface area contributed by atoms with E-state index in [1.165, 1.54) is 18.4 Å². The predicted octanol–water partition coefficient (Wildman–Crippen LogP) is 2.05. The fourth-order valence-electron chi connectivity index (χ4n) is 1.88. The number of methoxy groups -OCH3 is 1. The number of para-hydroxylation sites is 1. The second-order valence-corrected chi connectivity index (χ2v) is 4.16. The van der Waals surface area contributed by atoms with E-state index in [-0.39, 0.29) is 0 Å². The Morgan fingerprint density at radius 1 is 1.31 bits per heavy atom. The van der Waals surface area contributed by atoms with E-state index >= 15 is 0 Å². The van der Waals surface area contributed by atoms with Crippen LogP contribution < -0.4 is 10.5 Å². The van der Waals surface area contributed by atoms with Crippen LogP contribution in [0.25, 0.3) is 0 Å². The van der Waals surface area contributed by atoms with Gasteiger partial charge >= 0.3 is 0 Å². The first-order chi connectivity index (χ1) is 7.86. The van der Waals surface area contributed by atoms with Crippen molar-refractivity contribution in [3.8, 4) is 5.75 Å². The third kappa shape index (κ3) is 2.54. The molecule has 1 aliphatic rings. The number of rotatable bonds is 6. The highest BCUT2D eigenvalue weighted by atomic mass is 16.5. The summed E-state index contributed by atoms with van der Waals surface area (Å²) in [5.74, 6) is 1.67. The second kappa shape index (κ2) is 5.32. The van der Waals surface area contributed by atoms with E-state index in [0.29, 0.717) is 25.7 Å². The summed E-state index contributed by atoms with van der Waals surface area (Å²) in [5.41, 5.74) is 8.15. The van der Waals surface area contributed by atoms with Crippen molar-refractivity contribution in [3.05, 3.63) is 29.3 Å². The zero-order valence-corrected chi connectivity index (χ0v) is 9.74. The molecule has 2 rings (SSSR count). The molecule has 0 amide bonds. The van der Waals surface area contributed by atoms with Gasteiger partial charge in [0.25, 0.3) is 0 Å². The van der Waals surface area contributed by atoms with Gasteiger partial charge in [-0.3, -0.25) is 0 Å². The first-order valence-electron chi connectivity index (χ1n) is 5.80. The molecule has 3 nitrogen and oxygen atoms in total. The van der Waals surface area contributed by atoms with Crippen LogP contribution >= 0.6 is 0 Å². The molecule has 0 aliphatic heterocycles. The lowest BCUT2D eigenvalue weighted by molar-refractivity contribution is 0.145. The topological polar surface area (TPSA) is 44.5 Å². The molecule has 1 aromatic carbocycles. The summed E-state index contributed by atoms with van der Waals surface area (Å²) in [6, 6.07) is 6.26. The second-order valence-electron chi connectivity index (χ2n) is 4.16. The van der Waals surface area contributed by atoms with Gasteiger partial charge < -0.3 is 15.2 Å². The number of ether oxygens (including phenoxy) is 2. The summed E-state index contributed by atoms with van der Waals surface area (Å²) in [7, 11) is 1.68. The van der Waals surface area contributed by atoms with E-state index in [1.807, 2.05) is 6.07 Å². The fourth-order valence-corrected chi connectivity index (χ4v) is 1.88. The molecule has 0 bridgehead atoms. The molecule has 0 aromatic heterocycles. The van der Waals surface area contributed by atoms with Gasteiger partial charge in [0.15, 0.2) is 0 Å². The molecule has 0 radical (unpaired) electrons. The normalized spacial score (nSPS) is 15.1. The summed E-state index contributed by atoms with van der Waals surface area (Å²) < 4.78 is 10.8. The maximum atomic E-state index is 5.80. The Kier molecular flexibility index (Phi) is 3.80. The van der Waals surface area contributed by atoms with Crippen LogP contribution in [-0.2, 0) is 11.3 Å². The van der Waals surface area contributed by atoms with Crippen molar-refractivity contribution in [1.29, 1.82) is 0 Å². The molecule has 3 heteroatoms. The number of hydrogen-bond donors (Lipinski definition) is 1. The molecule has 16 heavy (non-hydrogen) atoms. The van der Waals surface area contributed by atoms with Crippen LogP contribution in [0.2, 0.25) is 0 Å². The van der Waals surface area contributed by atoms with E-state index in [9.17, 15) is 0 Å². The molecular formula is C13H19NO2. The predicted molar refractivity (Wildman–Crippen MR) is 63.7 cm³/mol. The Balaban J connectivity index is 2.16. The summed E-state index contributed by atoms with van der Waals surface area (Å²) >= 11 is 0. The van der Waals surface area contributed by atoms with Crippen molar-refractivity contribution >= 4 is 0 Å². The minimum atomic E-state index is 0.531.